The third-order valence-electron chi connectivity index (χ3n) is 9.16. The van der Waals surface area contributed by atoms with Crippen molar-refractivity contribution < 1.29 is 9.59 Å². The van der Waals surface area contributed by atoms with E-state index in [0.29, 0.717) is 29.3 Å². The number of rotatable bonds is 2. The summed E-state index contributed by atoms with van der Waals surface area (Å²) in [4.78, 5) is 25.5. The van der Waals surface area contributed by atoms with Crippen LogP contribution >= 0.6 is 0 Å². The molecular weight excluding hydrogens is 344 g/mol. The Hall–Kier alpha value is -1.70. The van der Waals surface area contributed by atoms with Crippen LogP contribution in [0.15, 0.2) is 42.0 Å². The van der Waals surface area contributed by atoms with E-state index in [-0.39, 0.29) is 16.7 Å². The predicted octanol–water partition coefficient (Wildman–Crippen LogP) is 5.56. The number of ketones is 2. The van der Waals surface area contributed by atoms with Gasteiger partial charge in [0, 0.05) is 17.8 Å². The van der Waals surface area contributed by atoms with E-state index in [1.807, 2.05) is 12.1 Å². The maximum Gasteiger partial charge on any atom is 0.159 e. The third kappa shape index (κ3) is 2.60. The van der Waals surface area contributed by atoms with Crippen molar-refractivity contribution in [3.63, 3.8) is 0 Å². The molecule has 0 aliphatic heterocycles. The monoisotopic (exact) mass is 376 g/mol. The molecule has 0 radical (unpaired) electrons. The van der Waals surface area contributed by atoms with Gasteiger partial charge in [0.15, 0.2) is 5.78 Å². The molecular formula is C26H32O2. The van der Waals surface area contributed by atoms with Crippen molar-refractivity contribution in [2.45, 2.75) is 65.2 Å². The summed E-state index contributed by atoms with van der Waals surface area (Å²) in [5.41, 5.74) is 2.76. The first-order valence-electron chi connectivity index (χ1n) is 11.2. The van der Waals surface area contributed by atoms with Crippen LogP contribution in [-0.4, -0.2) is 11.6 Å². The van der Waals surface area contributed by atoms with Crippen LogP contribution < -0.4 is 0 Å². The lowest BCUT2D eigenvalue weighted by Crippen LogP contribution is -2.51. The van der Waals surface area contributed by atoms with Gasteiger partial charge in [-0.15, -0.1) is 0 Å². The minimum Gasteiger partial charge on any atom is -0.299 e. The molecule has 0 amide bonds. The third-order valence-corrected chi connectivity index (χ3v) is 9.16. The average molecular weight is 377 g/mol. The molecule has 1 aromatic rings. The number of Topliss-reactive ketones (excluding diaryl/α,β-unsaturated/α-hetero) is 1. The van der Waals surface area contributed by atoms with Crippen LogP contribution in [0.2, 0.25) is 0 Å². The Morgan fingerprint density at radius 1 is 0.929 bits per heavy atom. The zero-order chi connectivity index (χ0) is 19.5. The van der Waals surface area contributed by atoms with E-state index in [0.717, 1.165) is 44.9 Å². The number of hydrogen-bond acceptors (Lipinski definition) is 2. The summed E-state index contributed by atoms with van der Waals surface area (Å²) in [6.07, 6.45) is 10.2. The fourth-order valence-corrected chi connectivity index (χ4v) is 7.59. The molecule has 5 rings (SSSR count). The van der Waals surface area contributed by atoms with E-state index in [1.54, 1.807) is 0 Å². The molecule has 6 unspecified atom stereocenters. The lowest BCUT2D eigenvalue weighted by molar-refractivity contribution is -0.133. The van der Waals surface area contributed by atoms with Gasteiger partial charge in [0.1, 0.15) is 5.78 Å². The van der Waals surface area contributed by atoms with Crippen LogP contribution in [-0.2, 0) is 16.0 Å². The van der Waals surface area contributed by atoms with Crippen molar-refractivity contribution in [2.24, 2.45) is 34.5 Å². The Morgan fingerprint density at radius 2 is 1.68 bits per heavy atom. The first-order valence-corrected chi connectivity index (χ1v) is 11.2. The lowest BCUT2D eigenvalue weighted by Gasteiger charge is -2.57. The van der Waals surface area contributed by atoms with E-state index in [1.165, 1.54) is 17.6 Å². The average Bonchev–Trinajstić information content (AvgIpc) is 2.99. The molecule has 6 atom stereocenters. The summed E-state index contributed by atoms with van der Waals surface area (Å²) in [6, 6.07) is 10.5. The minimum absolute atomic E-state index is 0.0628. The van der Waals surface area contributed by atoms with Crippen molar-refractivity contribution in [1.82, 2.24) is 0 Å². The highest BCUT2D eigenvalue weighted by atomic mass is 16.1. The molecule has 3 fully saturated rings. The van der Waals surface area contributed by atoms with E-state index in [4.69, 9.17) is 0 Å². The highest BCUT2D eigenvalue weighted by Gasteiger charge is 2.59. The Balaban J connectivity index is 1.44. The second-order valence-electron chi connectivity index (χ2n) is 10.4. The van der Waals surface area contributed by atoms with Gasteiger partial charge in [-0.25, -0.2) is 0 Å². The molecule has 2 heteroatoms. The van der Waals surface area contributed by atoms with Crippen LogP contribution in [0.4, 0.5) is 0 Å². The number of allylic oxidation sites excluding steroid dienone is 1. The Labute approximate surface area is 168 Å². The maximum absolute atomic E-state index is 12.9. The van der Waals surface area contributed by atoms with Gasteiger partial charge in [0.25, 0.3) is 0 Å². The number of benzene rings is 1. The lowest BCUT2D eigenvalue weighted by atomic mass is 9.46. The summed E-state index contributed by atoms with van der Waals surface area (Å²) < 4.78 is 0. The SMILES string of the molecule is CC12CCC3C(CCC4=CC(=O)C(Cc5ccccc5)CC43C)C1CCC2=O. The van der Waals surface area contributed by atoms with Gasteiger partial charge in [-0.3, -0.25) is 9.59 Å². The summed E-state index contributed by atoms with van der Waals surface area (Å²) >= 11 is 0. The second-order valence-corrected chi connectivity index (χ2v) is 10.4. The highest BCUT2D eigenvalue weighted by Crippen LogP contribution is 2.64. The molecule has 4 aliphatic rings. The van der Waals surface area contributed by atoms with Crippen LogP contribution in [0, 0.1) is 34.5 Å². The molecule has 1 aromatic carbocycles. The van der Waals surface area contributed by atoms with Gasteiger partial charge in [-0.2, -0.15) is 0 Å². The molecule has 2 nitrogen and oxygen atoms in total. The number of carbonyl (C=O) groups is 2. The Bertz CT molecular complexity index is 837. The van der Waals surface area contributed by atoms with Crippen LogP contribution in [0.1, 0.15) is 64.4 Å². The standard InChI is InChI=1S/C26H32O2/c1-25-13-12-22-20(21(25)10-11-24(25)28)9-8-19-15-23(27)18(16-26(19,22)2)14-17-6-4-3-5-7-17/h3-7,15,18,20-22H,8-14,16H2,1-2H3. The van der Waals surface area contributed by atoms with Gasteiger partial charge in [0.2, 0.25) is 0 Å². The van der Waals surface area contributed by atoms with Crippen LogP contribution in [0.3, 0.4) is 0 Å². The van der Waals surface area contributed by atoms with Crippen molar-refractivity contribution in [1.29, 1.82) is 0 Å². The minimum atomic E-state index is -0.0628. The maximum atomic E-state index is 12.9. The molecule has 3 saturated carbocycles. The van der Waals surface area contributed by atoms with Crippen molar-refractivity contribution >= 4 is 11.6 Å². The molecule has 0 saturated heterocycles. The topological polar surface area (TPSA) is 34.1 Å². The largest absolute Gasteiger partial charge is 0.299 e. The highest BCUT2D eigenvalue weighted by molar-refractivity contribution is 5.94. The number of hydrogen-bond donors (Lipinski definition) is 0. The zero-order valence-electron chi connectivity index (χ0n) is 17.2. The van der Waals surface area contributed by atoms with E-state index in [9.17, 15) is 9.59 Å². The molecule has 0 aromatic heterocycles. The van der Waals surface area contributed by atoms with Crippen molar-refractivity contribution in [2.75, 3.05) is 0 Å². The fourth-order valence-electron chi connectivity index (χ4n) is 7.59. The molecule has 148 valence electrons. The molecule has 28 heavy (non-hydrogen) atoms. The van der Waals surface area contributed by atoms with Gasteiger partial charge in [0.05, 0.1) is 0 Å². The first kappa shape index (κ1) is 18.3. The molecule has 0 bridgehead atoms. The van der Waals surface area contributed by atoms with E-state index < -0.39 is 0 Å². The Morgan fingerprint density at radius 3 is 2.46 bits per heavy atom. The summed E-state index contributed by atoms with van der Waals surface area (Å²) in [6.45, 7) is 4.69. The van der Waals surface area contributed by atoms with Crippen LogP contribution in [0.5, 0.6) is 0 Å². The number of fused-ring (bicyclic) bond motifs is 5. The van der Waals surface area contributed by atoms with Gasteiger partial charge in [-0.05, 0) is 79.8 Å². The number of carbonyl (C=O) groups excluding carboxylic acids is 2. The van der Waals surface area contributed by atoms with Crippen LogP contribution in [0.25, 0.3) is 0 Å². The van der Waals surface area contributed by atoms with E-state index in [2.05, 4.69) is 38.1 Å². The summed E-state index contributed by atoms with van der Waals surface area (Å²) in [7, 11) is 0. The molecule has 4 aliphatic carbocycles. The van der Waals surface area contributed by atoms with Gasteiger partial charge >= 0.3 is 0 Å². The summed E-state index contributed by atoms with van der Waals surface area (Å²) in [5.74, 6) is 2.84. The molecule has 0 spiro atoms. The first-order chi connectivity index (χ1) is 13.4. The Kier molecular flexibility index (Phi) is 4.19. The predicted molar refractivity (Wildman–Crippen MR) is 111 cm³/mol. The van der Waals surface area contributed by atoms with Gasteiger partial charge < -0.3 is 0 Å². The van der Waals surface area contributed by atoms with Crippen molar-refractivity contribution in [3.8, 4) is 0 Å². The van der Waals surface area contributed by atoms with Gasteiger partial charge in [-0.1, -0.05) is 49.8 Å². The second kappa shape index (κ2) is 6.40. The van der Waals surface area contributed by atoms with E-state index >= 15 is 0 Å². The summed E-state index contributed by atoms with van der Waals surface area (Å²) in [5, 5.41) is 0. The van der Waals surface area contributed by atoms with Crippen molar-refractivity contribution in [3.05, 3.63) is 47.5 Å². The quantitative estimate of drug-likeness (QED) is 0.677. The smallest absolute Gasteiger partial charge is 0.159 e. The zero-order valence-corrected chi connectivity index (χ0v) is 17.2. The molecule has 0 N–H and O–H groups in total. The fraction of sp³-hybridized carbons (Fsp3) is 0.615. The molecule has 0 heterocycles. The normalized spacial score (nSPS) is 42.4.